The van der Waals surface area contributed by atoms with Gasteiger partial charge in [-0.25, -0.2) is 4.99 Å². The SMILES string of the molecule is CCCC1=Nc2ccc(C#N)cc2C1=O. The summed E-state index contributed by atoms with van der Waals surface area (Å²) < 4.78 is 0. The van der Waals surface area contributed by atoms with Crippen LogP contribution in [0.3, 0.4) is 0 Å². The first kappa shape index (κ1) is 9.60. The number of nitrogens with zero attached hydrogens (tertiary/aromatic N) is 2. The summed E-state index contributed by atoms with van der Waals surface area (Å²) in [6, 6.07) is 7.05. The second kappa shape index (κ2) is 3.66. The monoisotopic (exact) mass is 198 g/mol. The molecular weight excluding hydrogens is 188 g/mol. The van der Waals surface area contributed by atoms with Gasteiger partial charge in [-0.15, -0.1) is 0 Å². The van der Waals surface area contributed by atoms with Crippen LogP contribution in [-0.2, 0) is 0 Å². The van der Waals surface area contributed by atoms with E-state index in [-0.39, 0.29) is 5.78 Å². The largest absolute Gasteiger partial charge is 0.287 e. The number of benzene rings is 1. The van der Waals surface area contributed by atoms with E-state index in [1.54, 1.807) is 18.2 Å². The minimum Gasteiger partial charge on any atom is -0.287 e. The second-order valence-corrected chi connectivity index (χ2v) is 3.48. The van der Waals surface area contributed by atoms with Crippen molar-refractivity contribution in [2.75, 3.05) is 0 Å². The lowest BCUT2D eigenvalue weighted by molar-refractivity contribution is 0.106. The van der Waals surface area contributed by atoms with E-state index in [0.29, 0.717) is 28.9 Å². The number of rotatable bonds is 2. The molecule has 0 saturated carbocycles. The van der Waals surface area contributed by atoms with Gasteiger partial charge >= 0.3 is 0 Å². The molecule has 1 heterocycles. The van der Waals surface area contributed by atoms with Crippen molar-refractivity contribution >= 4 is 17.2 Å². The molecule has 1 aromatic rings. The van der Waals surface area contributed by atoms with Crippen LogP contribution >= 0.6 is 0 Å². The first-order chi connectivity index (χ1) is 7.26. The highest BCUT2D eigenvalue weighted by atomic mass is 16.1. The van der Waals surface area contributed by atoms with Crippen LogP contribution in [0, 0.1) is 11.3 Å². The van der Waals surface area contributed by atoms with E-state index in [2.05, 4.69) is 4.99 Å². The Morgan fingerprint density at radius 2 is 2.27 bits per heavy atom. The molecule has 1 aliphatic rings. The Bertz CT molecular complexity index is 495. The summed E-state index contributed by atoms with van der Waals surface area (Å²) in [6.07, 6.45) is 1.61. The maximum Gasteiger partial charge on any atom is 0.209 e. The molecule has 0 aliphatic carbocycles. The predicted molar refractivity (Wildman–Crippen MR) is 57.5 cm³/mol. The fourth-order valence-corrected chi connectivity index (χ4v) is 1.64. The average molecular weight is 198 g/mol. The number of fused-ring (bicyclic) bond motifs is 1. The summed E-state index contributed by atoms with van der Waals surface area (Å²) in [7, 11) is 0. The van der Waals surface area contributed by atoms with Crippen molar-refractivity contribution in [2.24, 2.45) is 4.99 Å². The van der Waals surface area contributed by atoms with Gasteiger partial charge in [0.1, 0.15) is 0 Å². The molecule has 0 saturated heterocycles. The lowest BCUT2D eigenvalue weighted by Gasteiger charge is -1.95. The van der Waals surface area contributed by atoms with E-state index in [4.69, 9.17) is 5.26 Å². The van der Waals surface area contributed by atoms with Crippen molar-refractivity contribution < 1.29 is 4.79 Å². The molecule has 0 spiro atoms. The third-order valence-electron chi connectivity index (χ3n) is 2.37. The normalized spacial score (nSPS) is 13.3. The number of hydrogen-bond donors (Lipinski definition) is 0. The van der Waals surface area contributed by atoms with E-state index < -0.39 is 0 Å². The lowest BCUT2D eigenvalue weighted by Crippen LogP contribution is -2.08. The fourth-order valence-electron chi connectivity index (χ4n) is 1.64. The highest BCUT2D eigenvalue weighted by Gasteiger charge is 2.23. The van der Waals surface area contributed by atoms with Gasteiger partial charge in [0.2, 0.25) is 5.78 Å². The Balaban J connectivity index is 2.42. The van der Waals surface area contributed by atoms with Crippen molar-refractivity contribution in [2.45, 2.75) is 19.8 Å². The molecule has 1 aliphatic heterocycles. The number of hydrogen-bond acceptors (Lipinski definition) is 3. The number of carbonyl (C=O) groups excluding carboxylic acids is 1. The molecule has 1 aromatic carbocycles. The summed E-state index contributed by atoms with van der Waals surface area (Å²) >= 11 is 0. The summed E-state index contributed by atoms with van der Waals surface area (Å²) in [6.45, 7) is 2.01. The summed E-state index contributed by atoms with van der Waals surface area (Å²) in [5.41, 5.74) is 2.39. The third kappa shape index (κ3) is 1.55. The van der Waals surface area contributed by atoms with Gasteiger partial charge in [0.25, 0.3) is 0 Å². The summed E-state index contributed by atoms with van der Waals surface area (Å²) in [4.78, 5) is 16.1. The average Bonchev–Trinajstić information content (AvgIpc) is 2.56. The van der Waals surface area contributed by atoms with Gasteiger partial charge in [0.05, 0.1) is 28.6 Å². The Hall–Kier alpha value is -1.95. The van der Waals surface area contributed by atoms with Crippen molar-refractivity contribution in [3.8, 4) is 6.07 Å². The third-order valence-corrected chi connectivity index (χ3v) is 2.37. The standard InChI is InChI=1S/C12H10N2O/c1-2-3-11-12(15)9-6-8(7-13)4-5-10(9)14-11/h4-6H,2-3H2,1H3. The van der Waals surface area contributed by atoms with E-state index in [0.717, 1.165) is 6.42 Å². The lowest BCUT2D eigenvalue weighted by atomic mass is 10.0. The molecular formula is C12H10N2O. The van der Waals surface area contributed by atoms with E-state index >= 15 is 0 Å². The van der Waals surface area contributed by atoms with E-state index in [9.17, 15) is 4.79 Å². The van der Waals surface area contributed by atoms with Crippen molar-refractivity contribution in [1.29, 1.82) is 5.26 Å². The van der Waals surface area contributed by atoms with Gasteiger partial charge in [-0.1, -0.05) is 13.3 Å². The molecule has 0 fully saturated rings. The second-order valence-electron chi connectivity index (χ2n) is 3.48. The Labute approximate surface area is 88.1 Å². The van der Waals surface area contributed by atoms with Crippen LogP contribution in [0.2, 0.25) is 0 Å². The highest BCUT2D eigenvalue weighted by molar-refractivity contribution is 6.49. The zero-order valence-electron chi connectivity index (χ0n) is 8.45. The summed E-state index contributed by atoms with van der Waals surface area (Å²) in [5.74, 6) is -0.0241. The van der Waals surface area contributed by atoms with Crippen molar-refractivity contribution in [3.05, 3.63) is 29.3 Å². The molecule has 0 amide bonds. The Morgan fingerprint density at radius 1 is 1.47 bits per heavy atom. The fraction of sp³-hybridized carbons (Fsp3) is 0.250. The van der Waals surface area contributed by atoms with Crippen LogP contribution in [0.1, 0.15) is 35.7 Å². The quantitative estimate of drug-likeness (QED) is 0.733. The van der Waals surface area contributed by atoms with Gasteiger partial charge in [-0.05, 0) is 24.6 Å². The van der Waals surface area contributed by atoms with Gasteiger partial charge < -0.3 is 0 Å². The first-order valence-electron chi connectivity index (χ1n) is 4.92. The number of carbonyl (C=O) groups is 1. The van der Waals surface area contributed by atoms with Gasteiger partial charge in [0.15, 0.2) is 0 Å². The molecule has 0 atom stereocenters. The highest BCUT2D eigenvalue weighted by Crippen LogP contribution is 2.28. The zero-order valence-corrected chi connectivity index (χ0v) is 8.45. The molecule has 2 rings (SSSR count). The zero-order chi connectivity index (χ0) is 10.8. The Morgan fingerprint density at radius 3 is 2.93 bits per heavy atom. The molecule has 3 nitrogen and oxygen atoms in total. The number of aliphatic imine (C=N–C) groups is 1. The van der Waals surface area contributed by atoms with Gasteiger partial charge in [-0.3, -0.25) is 4.79 Å². The van der Waals surface area contributed by atoms with Gasteiger partial charge in [0, 0.05) is 0 Å². The number of nitriles is 1. The van der Waals surface area contributed by atoms with Crippen molar-refractivity contribution in [1.82, 2.24) is 0 Å². The van der Waals surface area contributed by atoms with Crippen LogP contribution in [0.25, 0.3) is 0 Å². The van der Waals surface area contributed by atoms with E-state index in [1.165, 1.54) is 0 Å². The molecule has 0 unspecified atom stereocenters. The molecule has 15 heavy (non-hydrogen) atoms. The predicted octanol–water partition coefficient (Wildman–Crippen LogP) is 2.63. The van der Waals surface area contributed by atoms with Crippen LogP contribution in [0.15, 0.2) is 23.2 Å². The van der Waals surface area contributed by atoms with Crippen molar-refractivity contribution in [3.63, 3.8) is 0 Å². The molecule has 0 N–H and O–H groups in total. The van der Waals surface area contributed by atoms with Gasteiger partial charge in [-0.2, -0.15) is 5.26 Å². The molecule has 74 valence electrons. The molecule has 0 bridgehead atoms. The van der Waals surface area contributed by atoms with Crippen LogP contribution in [0.5, 0.6) is 0 Å². The molecule has 0 aromatic heterocycles. The van der Waals surface area contributed by atoms with Crippen LogP contribution in [0.4, 0.5) is 5.69 Å². The topological polar surface area (TPSA) is 53.2 Å². The first-order valence-corrected chi connectivity index (χ1v) is 4.92. The minimum atomic E-state index is -0.0241. The number of Topliss-reactive ketones (excluding diaryl/α,β-unsaturated/α-hetero) is 1. The van der Waals surface area contributed by atoms with Crippen LogP contribution in [-0.4, -0.2) is 11.5 Å². The summed E-state index contributed by atoms with van der Waals surface area (Å²) in [5, 5.41) is 8.73. The minimum absolute atomic E-state index is 0.0241. The number of ketones is 1. The maximum absolute atomic E-state index is 11.8. The Kier molecular flexibility index (Phi) is 2.34. The maximum atomic E-state index is 11.8. The van der Waals surface area contributed by atoms with Crippen LogP contribution < -0.4 is 0 Å². The van der Waals surface area contributed by atoms with E-state index in [1.807, 2.05) is 13.0 Å². The smallest absolute Gasteiger partial charge is 0.209 e. The molecule has 0 radical (unpaired) electrons. The molecule has 3 heteroatoms.